The Morgan fingerprint density at radius 2 is 2.11 bits per heavy atom. The molecule has 1 aromatic rings. The van der Waals surface area contributed by atoms with E-state index in [1.165, 1.54) is 0 Å². The fourth-order valence-electron chi connectivity index (χ4n) is 2.67. The van der Waals surface area contributed by atoms with Gasteiger partial charge >= 0.3 is 0 Å². The minimum absolute atomic E-state index is 0.0465. The van der Waals surface area contributed by atoms with Gasteiger partial charge in [-0.05, 0) is 31.0 Å². The summed E-state index contributed by atoms with van der Waals surface area (Å²) < 4.78 is 0.911. The van der Waals surface area contributed by atoms with Gasteiger partial charge in [0.25, 0.3) is 0 Å². The van der Waals surface area contributed by atoms with Crippen molar-refractivity contribution < 1.29 is 9.59 Å². The molecule has 1 unspecified atom stereocenters. The summed E-state index contributed by atoms with van der Waals surface area (Å²) in [7, 11) is 0. The molecule has 0 N–H and O–H groups in total. The Kier molecular flexibility index (Phi) is 2.86. The summed E-state index contributed by atoms with van der Waals surface area (Å²) in [6, 6.07) is 7.26. The predicted octanol–water partition coefficient (Wildman–Crippen LogP) is 1.79. The minimum atomic E-state index is -0.245. The van der Waals surface area contributed by atoms with Gasteiger partial charge in [0.1, 0.15) is 12.6 Å². The topological polar surface area (TPSA) is 40.6 Å². The predicted molar refractivity (Wildman–Crippen MR) is 71.2 cm³/mol. The lowest BCUT2D eigenvalue weighted by atomic mass is 10.1. The second-order valence-corrected chi connectivity index (χ2v) is 5.57. The summed E-state index contributed by atoms with van der Waals surface area (Å²) in [4.78, 5) is 27.7. The van der Waals surface area contributed by atoms with Crippen LogP contribution in [0.5, 0.6) is 0 Å². The number of piperazine rings is 1. The Labute approximate surface area is 114 Å². The first-order chi connectivity index (χ1) is 8.66. The zero-order chi connectivity index (χ0) is 12.7. The molecule has 2 aliphatic rings. The van der Waals surface area contributed by atoms with Crippen molar-refractivity contribution in [1.29, 1.82) is 0 Å². The summed E-state index contributed by atoms with van der Waals surface area (Å²) in [6.45, 7) is 0.882. The van der Waals surface area contributed by atoms with Crippen molar-refractivity contribution in [2.75, 3.05) is 18.0 Å². The van der Waals surface area contributed by atoms with E-state index in [0.29, 0.717) is 0 Å². The van der Waals surface area contributed by atoms with E-state index in [1.54, 1.807) is 9.80 Å². The number of hydrogen-bond donors (Lipinski definition) is 0. The average Bonchev–Trinajstić information content (AvgIpc) is 2.83. The molecule has 2 amide bonds. The highest BCUT2D eigenvalue weighted by molar-refractivity contribution is 9.10. The normalized spacial score (nSPS) is 23.5. The number of carbonyl (C=O) groups excluding carboxylic acids is 2. The number of halogens is 1. The van der Waals surface area contributed by atoms with Gasteiger partial charge in [0, 0.05) is 16.7 Å². The second kappa shape index (κ2) is 4.39. The molecule has 0 aromatic heterocycles. The summed E-state index contributed by atoms with van der Waals surface area (Å²) in [5.41, 5.74) is 0.786. The van der Waals surface area contributed by atoms with E-state index in [2.05, 4.69) is 15.9 Å². The van der Waals surface area contributed by atoms with Crippen LogP contribution >= 0.6 is 15.9 Å². The summed E-state index contributed by atoms with van der Waals surface area (Å²) in [5.74, 6) is 0.0993. The smallest absolute Gasteiger partial charge is 0.250 e. The van der Waals surface area contributed by atoms with E-state index in [9.17, 15) is 9.59 Å². The molecule has 3 rings (SSSR count). The summed E-state index contributed by atoms with van der Waals surface area (Å²) in [6.07, 6.45) is 1.71. The van der Waals surface area contributed by atoms with Crippen molar-refractivity contribution in [2.24, 2.45) is 0 Å². The van der Waals surface area contributed by atoms with Crippen LogP contribution in [0.15, 0.2) is 28.7 Å². The van der Waals surface area contributed by atoms with Crippen LogP contribution in [-0.4, -0.2) is 35.8 Å². The van der Waals surface area contributed by atoms with E-state index in [1.807, 2.05) is 24.3 Å². The molecular weight excluding hydrogens is 296 g/mol. The van der Waals surface area contributed by atoms with Gasteiger partial charge in [-0.25, -0.2) is 0 Å². The third-order valence-electron chi connectivity index (χ3n) is 3.54. The molecule has 0 radical (unpaired) electrons. The molecule has 0 spiro atoms. The zero-order valence-corrected chi connectivity index (χ0v) is 11.4. The molecule has 1 aromatic carbocycles. The molecule has 1 atom stereocenters. The number of amides is 2. The van der Waals surface area contributed by atoms with Gasteiger partial charge in [0.15, 0.2) is 0 Å². The van der Waals surface area contributed by atoms with Crippen LogP contribution in [0.2, 0.25) is 0 Å². The molecule has 2 fully saturated rings. The zero-order valence-electron chi connectivity index (χ0n) is 9.80. The quantitative estimate of drug-likeness (QED) is 0.793. The number of fused-ring (bicyclic) bond motifs is 1. The lowest BCUT2D eigenvalue weighted by molar-refractivity contribution is -0.140. The lowest BCUT2D eigenvalue weighted by Crippen LogP contribution is -2.57. The molecule has 2 heterocycles. The van der Waals surface area contributed by atoms with Crippen LogP contribution in [0.1, 0.15) is 12.8 Å². The number of rotatable bonds is 1. The van der Waals surface area contributed by atoms with Gasteiger partial charge in [0.2, 0.25) is 11.8 Å². The highest BCUT2D eigenvalue weighted by Crippen LogP contribution is 2.28. The highest BCUT2D eigenvalue weighted by Gasteiger charge is 2.42. The second-order valence-electron chi connectivity index (χ2n) is 4.65. The van der Waals surface area contributed by atoms with E-state index in [-0.39, 0.29) is 24.4 Å². The van der Waals surface area contributed by atoms with Crippen molar-refractivity contribution in [3.05, 3.63) is 28.7 Å². The molecular formula is C13H13BrN2O2. The van der Waals surface area contributed by atoms with Crippen LogP contribution in [0.3, 0.4) is 0 Å². The molecule has 5 heteroatoms. The van der Waals surface area contributed by atoms with Gasteiger partial charge in [-0.15, -0.1) is 0 Å². The van der Waals surface area contributed by atoms with Gasteiger partial charge in [-0.3, -0.25) is 9.59 Å². The Balaban J connectivity index is 1.93. The van der Waals surface area contributed by atoms with Gasteiger partial charge in [-0.1, -0.05) is 22.0 Å². The van der Waals surface area contributed by atoms with E-state index >= 15 is 0 Å². The molecule has 94 valence electrons. The van der Waals surface area contributed by atoms with Crippen LogP contribution in [0.4, 0.5) is 5.69 Å². The summed E-state index contributed by atoms with van der Waals surface area (Å²) >= 11 is 3.39. The number of benzene rings is 1. The fourth-order valence-corrected chi connectivity index (χ4v) is 3.06. The molecule has 4 nitrogen and oxygen atoms in total. The van der Waals surface area contributed by atoms with Crippen molar-refractivity contribution in [2.45, 2.75) is 18.9 Å². The Bertz CT molecular complexity index is 517. The number of hydrogen-bond acceptors (Lipinski definition) is 2. The largest absolute Gasteiger partial charge is 0.329 e. The van der Waals surface area contributed by atoms with Crippen molar-refractivity contribution in [1.82, 2.24) is 4.90 Å². The van der Waals surface area contributed by atoms with Crippen molar-refractivity contribution in [3.63, 3.8) is 0 Å². The van der Waals surface area contributed by atoms with Gasteiger partial charge in [-0.2, -0.15) is 0 Å². The monoisotopic (exact) mass is 308 g/mol. The van der Waals surface area contributed by atoms with Gasteiger partial charge < -0.3 is 9.80 Å². The fraction of sp³-hybridized carbons (Fsp3) is 0.385. The van der Waals surface area contributed by atoms with Crippen molar-refractivity contribution >= 4 is 33.4 Å². The Morgan fingerprint density at radius 3 is 2.89 bits per heavy atom. The van der Waals surface area contributed by atoms with Crippen LogP contribution in [0, 0.1) is 0 Å². The third kappa shape index (κ3) is 1.82. The maximum absolute atomic E-state index is 12.4. The van der Waals surface area contributed by atoms with Crippen molar-refractivity contribution in [3.8, 4) is 0 Å². The van der Waals surface area contributed by atoms with E-state index in [0.717, 1.165) is 29.5 Å². The first kappa shape index (κ1) is 11.7. The molecule has 18 heavy (non-hydrogen) atoms. The lowest BCUT2D eigenvalue weighted by Gasteiger charge is -2.36. The van der Waals surface area contributed by atoms with Crippen LogP contribution in [0.25, 0.3) is 0 Å². The van der Waals surface area contributed by atoms with Crippen LogP contribution in [-0.2, 0) is 9.59 Å². The number of carbonyl (C=O) groups is 2. The summed E-state index contributed by atoms with van der Waals surface area (Å²) in [5, 5.41) is 0. The van der Waals surface area contributed by atoms with E-state index < -0.39 is 0 Å². The number of anilines is 1. The SMILES string of the molecule is O=C1C2CCCN2C(=O)CN1c1cccc(Br)c1. The number of nitrogens with zero attached hydrogens (tertiary/aromatic N) is 2. The molecule has 0 bridgehead atoms. The van der Waals surface area contributed by atoms with Crippen LogP contribution < -0.4 is 4.90 Å². The molecule has 0 aliphatic carbocycles. The maximum Gasteiger partial charge on any atom is 0.250 e. The Morgan fingerprint density at radius 1 is 1.28 bits per heavy atom. The first-order valence-electron chi connectivity index (χ1n) is 6.03. The average molecular weight is 309 g/mol. The molecule has 0 saturated carbocycles. The van der Waals surface area contributed by atoms with E-state index in [4.69, 9.17) is 0 Å². The third-order valence-corrected chi connectivity index (χ3v) is 4.03. The van der Waals surface area contributed by atoms with Gasteiger partial charge in [0.05, 0.1) is 0 Å². The highest BCUT2D eigenvalue weighted by atomic mass is 79.9. The minimum Gasteiger partial charge on any atom is -0.329 e. The maximum atomic E-state index is 12.4. The molecule has 2 saturated heterocycles. The first-order valence-corrected chi connectivity index (χ1v) is 6.82. The Hall–Kier alpha value is -1.36. The standard InChI is InChI=1S/C13H13BrN2O2/c14-9-3-1-4-10(7-9)16-8-12(17)15-6-2-5-11(15)13(16)18/h1,3-4,7,11H,2,5-6,8H2. The molecule has 2 aliphatic heterocycles.